The molecule has 0 spiro atoms. The van der Waals surface area contributed by atoms with Gasteiger partial charge in [0.1, 0.15) is 11.4 Å². The molecule has 3 rings (SSSR count). The molecule has 2 aromatic carbocycles. The number of carbonyl (C=O) groups is 2. The summed E-state index contributed by atoms with van der Waals surface area (Å²) >= 11 is 0. The van der Waals surface area contributed by atoms with Crippen LogP contribution >= 0.6 is 0 Å². The standard InChI is InChI=1S/C24H23F2N3O6.2Na/c1-29-10-9-18(30)21(22(29)33)28-24(34)27-17(13-20(31)32)15-7-4-5-14(11-15)12-16-6-2-3-8-19(16)35-23(25)26;;/h2-11,17,23,30H,12-13H2,1H3,(H,31,32)(H2,27,28,34);;/q;2*+1/p-2. The second-order valence-corrected chi connectivity index (χ2v) is 7.61. The number of nitrogens with zero attached hydrogens (tertiary/aromatic N) is 1. The monoisotopic (exact) mass is 531 g/mol. The fourth-order valence-corrected chi connectivity index (χ4v) is 3.45. The first-order valence-electron chi connectivity index (χ1n) is 10.4. The molecular formula is C24H21F2N3Na2O6. The largest absolute Gasteiger partial charge is 1.00 e. The van der Waals surface area contributed by atoms with Crippen molar-refractivity contribution in [3.05, 3.63) is 87.8 Å². The molecule has 37 heavy (non-hydrogen) atoms. The SMILES string of the molecule is Cn1ccc([O-])c(NC(=O)NC(CC(=O)[O-])c2cccc(Cc3ccccc3OC(F)F)c2)c1=O.[Na+].[Na+]. The van der Waals surface area contributed by atoms with Gasteiger partial charge in [0.05, 0.1) is 6.04 Å². The van der Waals surface area contributed by atoms with Gasteiger partial charge in [0, 0.05) is 32.1 Å². The number of hydrogen-bond acceptors (Lipinski definition) is 6. The van der Waals surface area contributed by atoms with Crippen molar-refractivity contribution < 1.29 is 92.4 Å². The number of urea groups is 1. The van der Waals surface area contributed by atoms with E-state index in [9.17, 15) is 33.4 Å². The molecular weight excluding hydrogens is 510 g/mol. The molecule has 0 bridgehead atoms. The maximum Gasteiger partial charge on any atom is 1.00 e. The average molecular weight is 531 g/mol. The van der Waals surface area contributed by atoms with Crippen molar-refractivity contribution in [1.82, 2.24) is 9.88 Å². The number of aliphatic carboxylic acids is 1. The number of amides is 2. The molecule has 184 valence electrons. The molecule has 2 N–H and O–H groups in total. The van der Waals surface area contributed by atoms with Crippen molar-refractivity contribution in [2.24, 2.45) is 7.05 Å². The van der Waals surface area contributed by atoms with Crippen LogP contribution in [0.25, 0.3) is 0 Å². The second-order valence-electron chi connectivity index (χ2n) is 7.61. The summed E-state index contributed by atoms with van der Waals surface area (Å²) in [6.07, 6.45) is 0.849. The number of rotatable bonds is 9. The van der Waals surface area contributed by atoms with Gasteiger partial charge in [-0.15, -0.1) is 0 Å². The molecule has 1 heterocycles. The van der Waals surface area contributed by atoms with Gasteiger partial charge in [-0.25, -0.2) is 4.79 Å². The molecule has 1 unspecified atom stereocenters. The van der Waals surface area contributed by atoms with Gasteiger partial charge >= 0.3 is 71.8 Å². The van der Waals surface area contributed by atoms with Gasteiger partial charge in [0.25, 0.3) is 5.56 Å². The molecule has 2 amide bonds. The number of aromatic nitrogens is 1. The Morgan fingerprint density at radius 1 is 1.08 bits per heavy atom. The molecule has 13 heteroatoms. The molecule has 0 aliphatic rings. The molecule has 3 aromatic rings. The number of benzene rings is 2. The van der Waals surface area contributed by atoms with Crippen molar-refractivity contribution in [2.75, 3.05) is 5.32 Å². The van der Waals surface area contributed by atoms with E-state index in [2.05, 4.69) is 15.4 Å². The first-order valence-corrected chi connectivity index (χ1v) is 10.4. The zero-order chi connectivity index (χ0) is 25.5. The van der Waals surface area contributed by atoms with Crippen LogP contribution in [0.15, 0.2) is 65.6 Å². The van der Waals surface area contributed by atoms with E-state index in [1.165, 1.54) is 19.3 Å². The van der Waals surface area contributed by atoms with E-state index in [1.807, 2.05) is 0 Å². The van der Waals surface area contributed by atoms with E-state index in [4.69, 9.17) is 0 Å². The van der Waals surface area contributed by atoms with Crippen molar-refractivity contribution in [3.8, 4) is 11.5 Å². The van der Waals surface area contributed by atoms with Crippen LogP contribution in [0.1, 0.15) is 29.2 Å². The van der Waals surface area contributed by atoms with E-state index in [1.54, 1.807) is 42.5 Å². The second kappa shape index (κ2) is 15.1. The van der Waals surface area contributed by atoms with Gasteiger partial charge in [0.2, 0.25) is 0 Å². The predicted octanol–water partition coefficient (Wildman–Crippen LogP) is -4.34. The number of halogens is 2. The van der Waals surface area contributed by atoms with Gasteiger partial charge in [-0.2, -0.15) is 8.78 Å². The van der Waals surface area contributed by atoms with Crippen molar-refractivity contribution in [3.63, 3.8) is 0 Å². The normalized spacial score (nSPS) is 11.0. The Balaban J connectivity index is 0.00000342. The maximum absolute atomic E-state index is 12.7. The minimum Gasteiger partial charge on any atom is -0.871 e. The summed E-state index contributed by atoms with van der Waals surface area (Å²) in [4.78, 5) is 36.0. The molecule has 0 saturated heterocycles. The van der Waals surface area contributed by atoms with Crippen molar-refractivity contribution >= 4 is 17.7 Å². The third kappa shape index (κ3) is 9.44. The Hall–Kier alpha value is -2.41. The van der Waals surface area contributed by atoms with Crippen LogP contribution in [0.3, 0.4) is 0 Å². The number of hydrogen-bond donors (Lipinski definition) is 2. The molecule has 1 atom stereocenters. The quantitative estimate of drug-likeness (QED) is 0.268. The predicted molar refractivity (Wildman–Crippen MR) is 118 cm³/mol. The summed E-state index contributed by atoms with van der Waals surface area (Å²) in [7, 11) is 1.40. The number of pyridine rings is 1. The summed E-state index contributed by atoms with van der Waals surface area (Å²) < 4.78 is 31.1. The van der Waals surface area contributed by atoms with Crippen LogP contribution < -0.4 is 90.3 Å². The van der Waals surface area contributed by atoms with E-state index in [0.29, 0.717) is 16.7 Å². The van der Waals surface area contributed by atoms with Crippen LogP contribution in [0.5, 0.6) is 11.5 Å². The zero-order valence-corrected chi connectivity index (χ0v) is 24.5. The summed E-state index contributed by atoms with van der Waals surface area (Å²) in [5.41, 5.74) is 0.296. The number of anilines is 1. The van der Waals surface area contributed by atoms with Gasteiger partial charge in [-0.05, 0) is 22.8 Å². The van der Waals surface area contributed by atoms with Crippen LogP contribution in [0.4, 0.5) is 19.3 Å². The third-order valence-electron chi connectivity index (χ3n) is 5.08. The molecule has 1 aromatic heterocycles. The minimum atomic E-state index is -2.99. The van der Waals surface area contributed by atoms with E-state index < -0.39 is 48.1 Å². The number of ether oxygens (including phenoxy) is 1. The first kappa shape index (κ1) is 32.6. The van der Waals surface area contributed by atoms with Gasteiger partial charge in [-0.3, -0.25) is 4.79 Å². The van der Waals surface area contributed by atoms with E-state index in [-0.39, 0.29) is 71.3 Å². The zero-order valence-electron chi connectivity index (χ0n) is 20.5. The molecule has 0 radical (unpaired) electrons. The van der Waals surface area contributed by atoms with Gasteiger partial charge in [0.15, 0.2) is 0 Å². The number of para-hydroxylation sites is 1. The Bertz CT molecular complexity index is 1290. The Morgan fingerprint density at radius 3 is 2.46 bits per heavy atom. The Morgan fingerprint density at radius 2 is 1.78 bits per heavy atom. The molecule has 0 aliphatic heterocycles. The summed E-state index contributed by atoms with van der Waals surface area (Å²) in [6.45, 7) is -2.99. The van der Waals surface area contributed by atoms with Gasteiger partial charge < -0.3 is 34.9 Å². The van der Waals surface area contributed by atoms with Crippen LogP contribution in [-0.2, 0) is 18.3 Å². The number of carbonyl (C=O) groups excluding carboxylic acids is 2. The smallest absolute Gasteiger partial charge is 0.871 e. The van der Waals surface area contributed by atoms with Gasteiger partial charge in [-0.1, -0.05) is 54.3 Å². The fraction of sp³-hybridized carbons (Fsp3) is 0.208. The van der Waals surface area contributed by atoms with Crippen LogP contribution in [-0.4, -0.2) is 23.2 Å². The summed E-state index contributed by atoms with van der Waals surface area (Å²) in [5, 5.41) is 27.9. The molecule has 9 nitrogen and oxygen atoms in total. The Kier molecular flexibility index (Phi) is 13.3. The summed E-state index contributed by atoms with van der Waals surface area (Å²) in [6, 6.07) is 11.8. The topological polar surface area (TPSA) is 136 Å². The van der Waals surface area contributed by atoms with Crippen molar-refractivity contribution in [2.45, 2.75) is 25.5 Å². The minimum absolute atomic E-state index is 0. The number of nitrogens with one attached hydrogen (secondary N) is 2. The van der Waals surface area contributed by atoms with Crippen LogP contribution in [0, 0.1) is 0 Å². The van der Waals surface area contributed by atoms with Crippen LogP contribution in [0.2, 0.25) is 0 Å². The van der Waals surface area contributed by atoms with E-state index in [0.717, 1.165) is 10.6 Å². The van der Waals surface area contributed by atoms with Crippen molar-refractivity contribution in [1.29, 1.82) is 0 Å². The number of aryl methyl sites for hydroxylation is 1. The molecule has 0 saturated carbocycles. The first-order chi connectivity index (χ1) is 16.6. The van der Waals surface area contributed by atoms with E-state index >= 15 is 0 Å². The maximum atomic E-state index is 12.7. The Labute approximate surface area is 255 Å². The number of carboxylic acids is 1. The number of carboxylic acid groups (broad SMARTS) is 1. The summed E-state index contributed by atoms with van der Waals surface area (Å²) in [5.74, 6) is -2.14. The average Bonchev–Trinajstić information content (AvgIpc) is 2.80. The fourth-order valence-electron chi connectivity index (χ4n) is 3.45. The third-order valence-corrected chi connectivity index (χ3v) is 5.08. The number of alkyl halides is 2. The molecule has 0 fully saturated rings. The molecule has 0 aliphatic carbocycles.